The number of aryl methyl sites for hydroxylation is 2. The molecule has 0 aliphatic heterocycles. The Kier molecular flexibility index (Phi) is 11.3. The van der Waals surface area contributed by atoms with Crippen LogP contribution < -0.4 is 24.3 Å². The molecule has 0 saturated carbocycles. The maximum absolute atomic E-state index is 12.6. The van der Waals surface area contributed by atoms with Gasteiger partial charge in [0.25, 0.3) is 5.91 Å². The Hall–Kier alpha value is -4.46. The second-order valence-corrected chi connectivity index (χ2v) is 9.98. The van der Waals surface area contributed by atoms with Gasteiger partial charge in [0.05, 0.1) is 39.0 Å². The SMILES string of the molecule is C=CCc1ccc(OCCCn2c(CCCCCNC(=O)c3ccc(OC)c(OC)c3)nc3ccccc32)c(OC)c1. The number of allylic oxidation sites excluding steroid dienone is 1. The highest BCUT2D eigenvalue weighted by molar-refractivity contribution is 5.94. The first-order valence-electron chi connectivity index (χ1n) is 14.4. The van der Waals surface area contributed by atoms with Gasteiger partial charge in [-0.05, 0) is 73.7 Å². The van der Waals surface area contributed by atoms with Crippen LogP contribution in [0.3, 0.4) is 0 Å². The number of imidazole rings is 1. The van der Waals surface area contributed by atoms with E-state index in [4.69, 9.17) is 23.9 Å². The molecule has 1 heterocycles. The fraction of sp³-hybridized carbons (Fsp3) is 0.353. The van der Waals surface area contributed by atoms with Gasteiger partial charge in [0.1, 0.15) is 5.82 Å². The van der Waals surface area contributed by atoms with Crippen molar-refractivity contribution in [1.82, 2.24) is 14.9 Å². The van der Waals surface area contributed by atoms with Gasteiger partial charge in [0.15, 0.2) is 23.0 Å². The quantitative estimate of drug-likeness (QED) is 0.117. The average molecular weight is 572 g/mol. The molecule has 0 spiro atoms. The monoisotopic (exact) mass is 571 g/mol. The summed E-state index contributed by atoms with van der Waals surface area (Å²) in [5.74, 6) is 3.59. The van der Waals surface area contributed by atoms with Crippen molar-refractivity contribution in [3.05, 3.63) is 90.3 Å². The standard InChI is InChI=1S/C34H41N3O5/c1-5-12-25-16-18-30(31(23-25)40-3)42-22-11-21-37-28-14-9-8-13-27(28)36-33(37)15-7-6-10-20-35-34(38)26-17-19-29(39-2)32(24-26)41-4/h5,8-9,13-14,16-19,23-24H,1,6-7,10-12,15,20-22H2,2-4H3,(H,35,38). The molecule has 42 heavy (non-hydrogen) atoms. The number of nitrogens with one attached hydrogen (secondary N) is 1. The molecule has 0 atom stereocenters. The Morgan fingerprint density at radius 1 is 0.881 bits per heavy atom. The van der Waals surface area contributed by atoms with E-state index in [-0.39, 0.29) is 5.91 Å². The van der Waals surface area contributed by atoms with E-state index in [1.54, 1.807) is 39.5 Å². The minimum Gasteiger partial charge on any atom is -0.493 e. The third-order valence-corrected chi connectivity index (χ3v) is 7.13. The number of benzene rings is 3. The summed E-state index contributed by atoms with van der Waals surface area (Å²) in [5, 5.41) is 3.00. The molecule has 222 valence electrons. The van der Waals surface area contributed by atoms with Crippen molar-refractivity contribution in [1.29, 1.82) is 0 Å². The number of amides is 1. The van der Waals surface area contributed by atoms with E-state index in [0.29, 0.717) is 30.2 Å². The normalized spacial score (nSPS) is 10.8. The van der Waals surface area contributed by atoms with Gasteiger partial charge in [-0.15, -0.1) is 6.58 Å². The molecule has 4 aromatic rings. The van der Waals surface area contributed by atoms with Crippen molar-refractivity contribution < 1.29 is 23.7 Å². The number of aromatic nitrogens is 2. The second kappa shape index (κ2) is 15.5. The van der Waals surface area contributed by atoms with Gasteiger partial charge in [0, 0.05) is 25.1 Å². The molecule has 1 aromatic heterocycles. The molecule has 0 fully saturated rings. The number of carbonyl (C=O) groups excluding carboxylic acids is 1. The van der Waals surface area contributed by atoms with Gasteiger partial charge in [0.2, 0.25) is 0 Å². The molecule has 8 nitrogen and oxygen atoms in total. The highest BCUT2D eigenvalue weighted by atomic mass is 16.5. The van der Waals surface area contributed by atoms with Crippen LogP contribution in [0.25, 0.3) is 11.0 Å². The molecule has 0 unspecified atom stereocenters. The minimum absolute atomic E-state index is 0.120. The van der Waals surface area contributed by atoms with Crippen LogP contribution in [0.15, 0.2) is 73.3 Å². The van der Waals surface area contributed by atoms with Crippen LogP contribution in [0.5, 0.6) is 23.0 Å². The van der Waals surface area contributed by atoms with Crippen LogP contribution in [0.1, 0.15) is 47.4 Å². The Labute approximate surface area is 248 Å². The van der Waals surface area contributed by atoms with Gasteiger partial charge in [-0.1, -0.05) is 30.7 Å². The lowest BCUT2D eigenvalue weighted by Gasteiger charge is -2.13. The zero-order chi connectivity index (χ0) is 29.7. The van der Waals surface area contributed by atoms with Gasteiger partial charge in [-0.2, -0.15) is 0 Å². The fourth-order valence-electron chi connectivity index (χ4n) is 4.96. The number of para-hydroxylation sites is 2. The number of rotatable bonds is 17. The Morgan fingerprint density at radius 2 is 1.64 bits per heavy atom. The summed E-state index contributed by atoms with van der Waals surface area (Å²) < 4.78 is 24.5. The highest BCUT2D eigenvalue weighted by Crippen LogP contribution is 2.29. The number of fused-ring (bicyclic) bond motifs is 1. The zero-order valence-electron chi connectivity index (χ0n) is 24.9. The molecule has 3 aromatic carbocycles. The summed E-state index contributed by atoms with van der Waals surface area (Å²) in [6.07, 6.45) is 7.25. The van der Waals surface area contributed by atoms with Crippen molar-refractivity contribution in [3.8, 4) is 23.0 Å². The third kappa shape index (κ3) is 7.84. The Morgan fingerprint density at radius 3 is 2.43 bits per heavy atom. The van der Waals surface area contributed by atoms with E-state index in [1.165, 1.54) is 0 Å². The molecule has 8 heteroatoms. The highest BCUT2D eigenvalue weighted by Gasteiger charge is 2.12. The predicted molar refractivity (Wildman–Crippen MR) is 166 cm³/mol. The first-order valence-corrected chi connectivity index (χ1v) is 14.4. The molecule has 0 aliphatic rings. The van der Waals surface area contributed by atoms with Crippen LogP contribution in [0.4, 0.5) is 0 Å². The van der Waals surface area contributed by atoms with Crippen molar-refractivity contribution >= 4 is 16.9 Å². The molecule has 1 amide bonds. The van der Waals surface area contributed by atoms with Gasteiger partial charge in [-0.25, -0.2) is 4.98 Å². The Balaban J connectivity index is 1.26. The number of ether oxygens (including phenoxy) is 4. The summed E-state index contributed by atoms with van der Waals surface area (Å²) in [5.41, 5.74) is 3.84. The first-order chi connectivity index (χ1) is 20.6. The van der Waals surface area contributed by atoms with Crippen molar-refractivity contribution in [2.75, 3.05) is 34.5 Å². The zero-order valence-corrected chi connectivity index (χ0v) is 24.9. The lowest BCUT2D eigenvalue weighted by molar-refractivity contribution is 0.0952. The van der Waals surface area contributed by atoms with Crippen molar-refractivity contribution in [2.45, 2.75) is 45.1 Å². The number of methoxy groups -OCH3 is 3. The third-order valence-electron chi connectivity index (χ3n) is 7.13. The molecule has 0 saturated heterocycles. The number of carbonyl (C=O) groups is 1. The average Bonchev–Trinajstić information content (AvgIpc) is 3.38. The molecule has 4 rings (SSSR count). The minimum atomic E-state index is -0.120. The van der Waals surface area contributed by atoms with E-state index < -0.39 is 0 Å². The number of unbranched alkanes of at least 4 members (excludes halogenated alkanes) is 2. The number of hydrogen-bond acceptors (Lipinski definition) is 6. The van der Waals surface area contributed by atoms with E-state index in [9.17, 15) is 4.79 Å². The molecule has 0 aliphatic carbocycles. The summed E-state index contributed by atoms with van der Waals surface area (Å²) in [4.78, 5) is 17.5. The van der Waals surface area contributed by atoms with Crippen LogP contribution in [-0.2, 0) is 19.4 Å². The summed E-state index contributed by atoms with van der Waals surface area (Å²) in [6.45, 7) is 5.80. The van der Waals surface area contributed by atoms with E-state index >= 15 is 0 Å². The lowest BCUT2D eigenvalue weighted by atomic mass is 10.1. The summed E-state index contributed by atoms with van der Waals surface area (Å²) >= 11 is 0. The first kappa shape index (κ1) is 30.5. The van der Waals surface area contributed by atoms with Crippen molar-refractivity contribution in [2.24, 2.45) is 0 Å². The fourth-order valence-corrected chi connectivity index (χ4v) is 4.96. The largest absolute Gasteiger partial charge is 0.493 e. The number of hydrogen-bond donors (Lipinski definition) is 1. The summed E-state index contributed by atoms with van der Waals surface area (Å²) in [7, 11) is 4.80. The van der Waals surface area contributed by atoms with Gasteiger partial charge >= 0.3 is 0 Å². The topological polar surface area (TPSA) is 83.8 Å². The molecule has 0 bridgehead atoms. The van der Waals surface area contributed by atoms with E-state index in [2.05, 4.69) is 34.7 Å². The smallest absolute Gasteiger partial charge is 0.251 e. The maximum Gasteiger partial charge on any atom is 0.251 e. The van der Waals surface area contributed by atoms with Crippen LogP contribution >= 0.6 is 0 Å². The number of nitrogens with zero attached hydrogens (tertiary/aromatic N) is 2. The van der Waals surface area contributed by atoms with Crippen LogP contribution in [-0.4, -0.2) is 49.9 Å². The Bertz CT molecular complexity index is 1480. The molecular formula is C34H41N3O5. The van der Waals surface area contributed by atoms with Gasteiger partial charge < -0.3 is 28.8 Å². The molecule has 0 radical (unpaired) electrons. The van der Waals surface area contributed by atoms with E-state index in [1.807, 2.05) is 30.3 Å². The molecule has 1 N–H and O–H groups in total. The van der Waals surface area contributed by atoms with Gasteiger partial charge in [-0.3, -0.25) is 4.79 Å². The maximum atomic E-state index is 12.6. The van der Waals surface area contributed by atoms with E-state index in [0.717, 1.165) is 79.0 Å². The predicted octanol–water partition coefficient (Wildman–Crippen LogP) is 6.40. The summed E-state index contributed by atoms with van der Waals surface area (Å²) in [6, 6.07) is 19.4. The second-order valence-electron chi connectivity index (χ2n) is 9.98. The van der Waals surface area contributed by atoms with Crippen molar-refractivity contribution in [3.63, 3.8) is 0 Å². The van der Waals surface area contributed by atoms with Crippen LogP contribution in [0.2, 0.25) is 0 Å². The lowest BCUT2D eigenvalue weighted by Crippen LogP contribution is -2.24. The van der Waals surface area contributed by atoms with Crippen LogP contribution in [0, 0.1) is 0 Å². The molecular weight excluding hydrogens is 530 g/mol.